The van der Waals surface area contributed by atoms with Crippen LogP contribution in [0, 0.1) is 6.92 Å². The van der Waals surface area contributed by atoms with E-state index < -0.39 is 5.60 Å². The molecule has 1 amide bonds. The Labute approximate surface area is 266 Å². The summed E-state index contributed by atoms with van der Waals surface area (Å²) in [6, 6.07) is 22.3. The first-order valence-corrected chi connectivity index (χ1v) is 16.2. The van der Waals surface area contributed by atoms with Crippen LogP contribution in [0.15, 0.2) is 79.4 Å². The summed E-state index contributed by atoms with van der Waals surface area (Å²) in [6.07, 6.45) is 5.62. The lowest BCUT2D eigenvalue weighted by atomic mass is 9.78. The fraction of sp³-hybridized carbons (Fsp3) is 0.368. The van der Waals surface area contributed by atoms with E-state index in [1.165, 1.54) is 6.08 Å². The number of hydrogen-bond acceptors (Lipinski definition) is 5. The van der Waals surface area contributed by atoms with Crippen molar-refractivity contribution < 1.29 is 19.1 Å². The van der Waals surface area contributed by atoms with Gasteiger partial charge in [-0.05, 0) is 57.0 Å². The highest BCUT2D eigenvalue weighted by Gasteiger charge is 2.52. The molecule has 45 heavy (non-hydrogen) atoms. The summed E-state index contributed by atoms with van der Waals surface area (Å²) in [7, 11) is 0. The number of esters is 1. The third-order valence-electron chi connectivity index (χ3n) is 8.79. The van der Waals surface area contributed by atoms with Crippen molar-refractivity contribution in [3.8, 4) is 5.75 Å². The van der Waals surface area contributed by atoms with Crippen LogP contribution in [0.2, 0.25) is 0 Å². The van der Waals surface area contributed by atoms with Gasteiger partial charge in [0.15, 0.2) is 5.60 Å². The van der Waals surface area contributed by atoms with Gasteiger partial charge in [-0.3, -0.25) is 4.79 Å². The standard InChI is InChI=1S/C38H45N3O4/c1-6-10-23-40(24-11-7-2)28-20-21-32(34(26-28)44-25-22-39-35(42)8-3)38(31-18-14-12-16-29(31)37(43)45-38)36-27(5)41(9-4)33-19-15-13-17-30(33)36/h8,12-21,26H,3,6-7,9-11,22-25H2,1-2,4-5H3,(H,39,42). The van der Waals surface area contributed by atoms with Gasteiger partial charge in [0.05, 0.1) is 12.1 Å². The van der Waals surface area contributed by atoms with Crippen LogP contribution in [0.25, 0.3) is 10.9 Å². The van der Waals surface area contributed by atoms with Gasteiger partial charge in [-0.1, -0.05) is 69.7 Å². The number of anilines is 1. The normalized spacial score (nSPS) is 15.5. The second-order valence-corrected chi connectivity index (χ2v) is 11.6. The molecule has 0 bridgehead atoms. The number of nitrogens with zero attached hydrogens (tertiary/aromatic N) is 2. The molecule has 1 aliphatic rings. The molecule has 236 valence electrons. The molecule has 0 radical (unpaired) electrons. The summed E-state index contributed by atoms with van der Waals surface area (Å²) in [5.74, 6) is 0.00528. The van der Waals surface area contributed by atoms with Gasteiger partial charge in [0.1, 0.15) is 12.4 Å². The molecule has 7 nitrogen and oxygen atoms in total. The minimum Gasteiger partial charge on any atom is -0.491 e. The first kappa shape index (κ1) is 31.9. The van der Waals surface area contributed by atoms with Crippen molar-refractivity contribution in [1.82, 2.24) is 9.88 Å². The summed E-state index contributed by atoms with van der Waals surface area (Å²) in [6.45, 7) is 15.4. The number of amides is 1. The van der Waals surface area contributed by atoms with Crippen molar-refractivity contribution in [1.29, 1.82) is 0 Å². The Hall–Kier alpha value is -4.52. The Morgan fingerprint density at radius 2 is 1.71 bits per heavy atom. The summed E-state index contributed by atoms with van der Waals surface area (Å²) in [5.41, 5.74) is 4.97. The van der Waals surface area contributed by atoms with Gasteiger partial charge in [0.2, 0.25) is 5.91 Å². The van der Waals surface area contributed by atoms with E-state index >= 15 is 0 Å². The van der Waals surface area contributed by atoms with Crippen molar-refractivity contribution in [2.75, 3.05) is 31.1 Å². The maximum absolute atomic E-state index is 13.7. The largest absolute Gasteiger partial charge is 0.491 e. The van der Waals surface area contributed by atoms with Crippen molar-refractivity contribution >= 4 is 28.5 Å². The van der Waals surface area contributed by atoms with Crippen molar-refractivity contribution in [3.63, 3.8) is 0 Å². The summed E-state index contributed by atoms with van der Waals surface area (Å²) >= 11 is 0. The highest BCUT2D eigenvalue weighted by Crippen LogP contribution is 2.53. The zero-order chi connectivity index (χ0) is 32.0. The fourth-order valence-corrected chi connectivity index (χ4v) is 6.61. The van der Waals surface area contributed by atoms with Gasteiger partial charge in [0, 0.05) is 64.7 Å². The third-order valence-corrected chi connectivity index (χ3v) is 8.79. The maximum Gasteiger partial charge on any atom is 0.340 e. The number of para-hydroxylation sites is 1. The molecule has 5 rings (SSSR count). The molecular weight excluding hydrogens is 562 g/mol. The number of nitrogens with one attached hydrogen (secondary N) is 1. The lowest BCUT2D eigenvalue weighted by molar-refractivity contribution is -0.116. The quantitative estimate of drug-likeness (QED) is 0.0860. The number of cyclic esters (lactones) is 1. The van der Waals surface area contributed by atoms with Crippen LogP contribution < -0.4 is 15.0 Å². The first-order chi connectivity index (χ1) is 21.9. The van der Waals surface area contributed by atoms with Crippen LogP contribution in [-0.4, -0.2) is 42.7 Å². The summed E-state index contributed by atoms with van der Waals surface area (Å²) < 4.78 is 15.5. The number of unbranched alkanes of at least 4 members (excludes halogenated alkanes) is 2. The summed E-state index contributed by atoms with van der Waals surface area (Å²) in [4.78, 5) is 28.0. The zero-order valence-electron chi connectivity index (χ0n) is 27.0. The van der Waals surface area contributed by atoms with Crippen LogP contribution in [0.1, 0.15) is 79.2 Å². The molecule has 0 spiro atoms. The predicted molar refractivity (Wildman–Crippen MR) is 181 cm³/mol. The minimum absolute atomic E-state index is 0.237. The molecule has 7 heteroatoms. The third kappa shape index (κ3) is 5.96. The second kappa shape index (κ2) is 14.1. The van der Waals surface area contributed by atoms with Gasteiger partial charge >= 0.3 is 5.97 Å². The summed E-state index contributed by atoms with van der Waals surface area (Å²) in [5, 5.41) is 3.84. The molecule has 1 N–H and O–H groups in total. The molecule has 1 aliphatic heterocycles. The Bertz CT molecular complexity index is 1680. The monoisotopic (exact) mass is 607 g/mol. The molecule has 1 aromatic heterocycles. The van der Waals surface area contributed by atoms with Gasteiger partial charge in [-0.15, -0.1) is 0 Å². The highest BCUT2D eigenvalue weighted by molar-refractivity contribution is 5.99. The van der Waals surface area contributed by atoms with Gasteiger partial charge < -0.3 is 24.3 Å². The van der Waals surface area contributed by atoms with Gasteiger partial charge in [0.25, 0.3) is 0 Å². The average molecular weight is 608 g/mol. The van der Waals surface area contributed by atoms with E-state index in [-0.39, 0.29) is 18.5 Å². The molecule has 0 aliphatic carbocycles. The van der Waals surface area contributed by atoms with E-state index in [9.17, 15) is 9.59 Å². The predicted octanol–water partition coefficient (Wildman–Crippen LogP) is 7.52. The van der Waals surface area contributed by atoms with Gasteiger partial charge in [-0.2, -0.15) is 0 Å². The smallest absolute Gasteiger partial charge is 0.340 e. The number of fused-ring (bicyclic) bond motifs is 2. The number of ether oxygens (including phenoxy) is 2. The highest BCUT2D eigenvalue weighted by atomic mass is 16.6. The number of aromatic nitrogens is 1. The van der Waals surface area contributed by atoms with Crippen LogP contribution >= 0.6 is 0 Å². The van der Waals surface area contributed by atoms with E-state index in [1.54, 1.807) is 0 Å². The maximum atomic E-state index is 13.7. The molecule has 1 atom stereocenters. The topological polar surface area (TPSA) is 72.8 Å². The molecule has 2 heterocycles. The lowest BCUT2D eigenvalue weighted by Gasteiger charge is -2.33. The Morgan fingerprint density at radius 3 is 2.42 bits per heavy atom. The Morgan fingerprint density at radius 1 is 1.00 bits per heavy atom. The van der Waals surface area contributed by atoms with E-state index in [2.05, 4.69) is 79.4 Å². The molecule has 3 aromatic carbocycles. The molecular formula is C38H45N3O4. The van der Waals surface area contributed by atoms with Crippen molar-refractivity contribution in [3.05, 3.63) is 107 Å². The van der Waals surface area contributed by atoms with E-state index in [4.69, 9.17) is 9.47 Å². The molecule has 4 aromatic rings. The zero-order valence-corrected chi connectivity index (χ0v) is 27.0. The Balaban J connectivity index is 1.76. The van der Waals surface area contributed by atoms with Crippen LogP contribution in [0.3, 0.4) is 0 Å². The molecule has 0 fully saturated rings. The number of benzene rings is 3. The van der Waals surface area contributed by atoms with Crippen LogP contribution in [-0.2, 0) is 21.7 Å². The van der Waals surface area contributed by atoms with E-state index in [0.717, 1.165) is 84.3 Å². The Kier molecular flexibility index (Phi) is 9.96. The second-order valence-electron chi connectivity index (χ2n) is 11.6. The number of hydrogen-bond donors (Lipinski definition) is 1. The average Bonchev–Trinajstić information content (AvgIpc) is 3.53. The number of carbonyl (C=O) groups is 2. The van der Waals surface area contributed by atoms with E-state index in [1.807, 2.05) is 36.4 Å². The van der Waals surface area contributed by atoms with Crippen molar-refractivity contribution in [2.45, 2.75) is 65.5 Å². The number of carbonyl (C=O) groups excluding carboxylic acids is 2. The number of rotatable bonds is 15. The molecule has 0 saturated heterocycles. The number of aryl methyl sites for hydroxylation is 1. The lowest BCUT2D eigenvalue weighted by Crippen LogP contribution is -2.32. The van der Waals surface area contributed by atoms with Crippen LogP contribution in [0.5, 0.6) is 5.75 Å². The van der Waals surface area contributed by atoms with Crippen molar-refractivity contribution in [2.24, 2.45) is 0 Å². The fourth-order valence-electron chi connectivity index (χ4n) is 6.61. The first-order valence-electron chi connectivity index (χ1n) is 16.2. The minimum atomic E-state index is -1.24. The van der Waals surface area contributed by atoms with Crippen LogP contribution in [0.4, 0.5) is 5.69 Å². The van der Waals surface area contributed by atoms with Gasteiger partial charge in [-0.25, -0.2) is 4.79 Å². The van der Waals surface area contributed by atoms with E-state index in [0.29, 0.717) is 17.9 Å². The molecule has 0 saturated carbocycles. The SMILES string of the molecule is C=CC(=O)NCCOc1cc(N(CCCC)CCCC)ccc1C1(c2c(C)n(CC)c3ccccc23)OC(=O)c2ccccc21. The molecule has 1 unspecified atom stereocenters.